The number of aromatic nitrogens is 2. The van der Waals surface area contributed by atoms with Crippen LogP contribution in [0.3, 0.4) is 0 Å². The number of para-hydroxylation sites is 2. The molecular formula is C53H40N2O. The number of rotatable bonds is 6. The molecule has 268 valence electrons. The van der Waals surface area contributed by atoms with Crippen LogP contribution in [0.5, 0.6) is 0 Å². The predicted octanol–water partition coefficient (Wildman–Crippen LogP) is 14.1. The van der Waals surface area contributed by atoms with Crippen LogP contribution in [-0.4, -0.2) is 9.55 Å². The molecule has 0 N–H and O–H groups in total. The Labute approximate surface area is 327 Å². The second-order valence-electron chi connectivity index (χ2n) is 15.2. The SMILES string of the molecule is C1=CCCC(c2cc(-c3ccc(-c4ccc5c(c4)c4ccccc4n5C4C=CC=CC4c4cccc5c6c(oc45)CCC=C6)cc3)cc(-c3ccccc3)n2)=C1. The molecule has 0 amide bonds. The fourth-order valence-electron chi connectivity index (χ4n) is 9.18. The lowest BCUT2D eigenvalue weighted by atomic mass is 9.86. The van der Waals surface area contributed by atoms with Crippen molar-refractivity contribution in [3.05, 3.63) is 199 Å². The Hall–Kier alpha value is -6.71. The maximum atomic E-state index is 6.65. The van der Waals surface area contributed by atoms with Crippen LogP contribution in [-0.2, 0) is 6.42 Å². The third-order valence-corrected chi connectivity index (χ3v) is 11.9. The summed E-state index contributed by atoms with van der Waals surface area (Å²) >= 11 is 0. The van der Waals surface area contributed by atoms with Crippen LogP contribution in [0.15, 0.2) is 180 Å². The molecule has 0 aliphatic heterocycles. The molecule has 3 aliphatic rings. The van der Waals surface area contributed by atoms with Gasteiger partial charge in [0.15, 0.2) is 0 Å². The Morgan fingerprint density at radius 3 is 2.18 bits per heavy atom. The minimum Gasteiger partial charge on any atom is -0.460 e. The van der Waals surface area contributed by atoms with Gasteiger partial charge in [0.05, 0.1) is 17.4 Å². The van der Waals surface area contributed by atoms with Crippen molar-refractivity contribution in [3.63, 3.8) is 0 Å². The van der Waals surface area contributed by atoms with Crippen LogP contribution in [0.4, 0.5) is 0 Å². The molecule has 56 heavy (non-hydrogen) atoms. The zero-order chi connectivity index (χ0) is 37.0. The van der Waals surface area contributed by atoms with Gasteiger partial charge in [0, 0.05) is 56.2 Å². The molecule has 3 heterocycles. The molecule has 0 saturated heterocycles. The van der Waals surface area contributed by atoms with Gasteiger partial charge in [0.25, 0.3) is 0 Å². The summed E-state index contributed by atoms with van der Waals surface area (Å²) in [6.07, 6.45) is 24.3. The summed E-state index contributed by atoms with van der Waals surface area (Å²) in [7, 11) is 0. The van der Waals surface area contributed by atoms with E-state index in [4.69, 9.17) is 9.40 Å². The molecule has 3 heteroatoms. The van der Waals surface area contributed by atoms with Gasteiger partial charge in [-0.05, 0) is 77.4 Å². The standard InChI is InChI=1S/C53H40N2O/c1-3-14-37(15-4-1)47-33-40(34-48(54-47)38-16-5-2-6-17-38)36-28-26-35(27-29-36)39-30-31-51-46(32-39)42-19-8-11-24-50(42)55(51)49-23-10-7-18-41(49)44-21-13-22-45-43-20-9-12-25-52(43)56-53(44)45/h1-5,7-11,13-16,18-24,26-34,41,49H,6,12,17,25H2. The predicted molar refractivity (Wildman–Crippen MR) is 234 cm³/mol. The third kappa shape index (κ3) is 5.54. The number of allylic oxidation sites excluding steroid dienone is 9. The Morgan fingerprint density at radius 2 is 1.30 bits per heavy atom. The van der Waals surface area contributed by atoms with E-state index < -0.39 is 0 Å². The largest absolute Gasteiger partial charge is 0.460 e. The summed E-state index contributed by atoms with van der Waals surface area (Å²) < 4.78 is 9.20. The minimum atomic E-state index is 0.0854. The maximum Gasteiger partial charge on any atom is 0.138 e. The number of hydrogen-bond acceptors (Lipinski definition) is 2. The number of aryl methyl sites for hydroxylation is 1. The van der Waals surface area contributed by atoms with Crippen LogP contribution < -0.4 is 0 Å². The van der Waals surface area contributed by atoms with Crippen LogP contribution in [0, 0.1) is 0 Å². The smallest absolute Gasteiger partial charge is 0.138 e. The highest BCUT2D eigenvalue weighted by atomic mass is 16.3. The highest BCUT2D eigenvalue weighted by molar-refractivity contribution is 6.09. The minimum absolute atomic E-state index is 0.0854. The van der Waals surface area contributed by atoms with Crippen LogP contribution >= 0.6 is 0 Å². The van der Waals surface area contributed by atoms with Gasteiger partial charge in [-0.1, -0.05) is 152 Å². The average molecular weight is 721 g/mol. The van der Waals surface area contributed by atoms with Gasteiger partial charge in [-0.3, -0.25) is 0 Å². The number of hydrogen-bond donors (Lipinski definition) is 0. The molecule has 0 fully saturated rings. The van der Waals surface area contributed by atoms with Gasteiger partial charge in [-0.25, -0.2) is 4.98 Å². The molecule has 3 aromatic heterocycles. The highest BCUT2D eigenvalue weighted by Gasteiger charge is 2.29. The molecular weight excluding hydrogens is 681 g/mol. The van der Waals surface area contributed by atoms with Crippen molar-refractivity contribution in [2.45, 2.75) is 37.6 Å². The van der Waals surface area contributed by atoms with Crippen molar-refractivity contribution >= 4 is 44.4 Å². The van der Waals surface area contributed by atoms with E-state index in [-0.39, 0.29) is 12.0 Å². The molecule has 0 saturated carbocycles. The number of furan rings is 1. The van der Waals surface area contributed by atoms with Crippen molar-refractivity contribution in [3.8, 4) is 33.5 Å². The normalized spacial score (nSPS) is 17.5. The number of pyridine rings is 1. The zero-order valence-electron chi connectivity index (χ0n) is 31.1. The topological polar surface area (TPSA) is 31.0 Å². The third-order valence-electron chi connectivity index (χ3n) is 11.9. The summed E-state index contributed by atoms with van der Waals surface area (Å²) in [4.78, 5) is 5.14. The van der Waals surface area contributed by atoms with E-state index in [9.17, 15) is 0 Å². The first-order valence-corrected chi connectivity index (χ1v) is 19.9. The molecule has 3 aliphatic carbocycles. The van der Waals surface area contributed by atoms with Gasteiger partial charge >= 0.3 is 0 Å². The number of nitrogens with zero attached hydrogens (tertiary/aromatic N) is 2. The first kappa shape index (κ1) is 32.7. The zero-order valence-corrected chi connectivity index (χ0v) is 31.1. The second-order valence-corrected chi connectivity index (χ2v) is 15.2. The molecule has 0 radical (unpaired) electrons. The van der Waals surface area contributed by atoms with E-state index in [1.165, 1.54) is 66.1 Å². The van der Waals surface area contributed by atoms with E-state index >= 15 is 0 Å². The first-order chi connectivity index (χ1) is 27.8. The summed E-state index contributed by atoms with van der Waals surface area (Å²) in [5.74, 6) is 1.23. The van der Waals surface area contributed by atoms with Gasteiger partial charge in [0.1, 0.15) is 11.3 Å². The van der Waals surface area contributed by atoms with Crippen molar-refractivity contribution in [2.24, 2.45) is 0 Å². The molecule has 2 unspecified atom stereocenters. The van der Waals surface area contributed by atoms with E-state index in [1.807, 2.05) is 0 Å². The quantitative estimate of drug-likeness (QED) is 0.171. The lowest BCUT2D eigenvalue weighted by molar-refractivity contribution is 0.528. The lowest BCUT2D eigenvalue weighted by Crippen LogP contribution is -2.16. The molecule has 3 nitrogen and oxygen atoms in total. The average Bonchev–Trinajstić information content (AvgIpc) is 3.83. The van der Waals surface area contributed by atoms with Crippen LogP contribution in [0.25, 0.3) is 77.9 Å². The van der Waals surface area contributed by atoms with E-state index in [0.29, 0.717) is 0 Å². The molecule has 2 atom stereocenters. The second kappa shape index (κ2) is 13.5. The summed E-state index contributed by atoms with van der Waals surface area (Å²) in [6.45, 7) is 0. The monoisotopic (exact) mass is 720 g/mol. The Balaban J connectivity index is 0.978. The maximum absolute atomic E-state index is 6.65. The Kier molecular flexibility index (Phi) is 7.91. The fourth-order valence-corrected chi connectivity index (χ4v) is 9.18. The van der Waals surface area contributed by atoms with E-state index in [1.54, 1.807) is 0 Å². The van der Waals surface area contributed by atoms with Crippen LogP contribution in [0.1, 0.15) is 53.8 Å². The summed E-state index contributed by atoms with van der Waals surface area (Å²) in [5, 5.41) is 3.75. The molecule has 5 aromatic carbocycles. The van der Waals surface area contributed by atoms with Crippen molar-refractivity contribution in [1.82, 2.24) is 9.55 Å². The molecule has 0 spiro atoms. The van der Waals surface area contributed by atoms with Gasteiger partial charge in [-0.15, -0.1) is 0 Å². The van der Waals surface area contributed by atoms with Gasteiger partial charge in [0.2, 0.25) is 0 Å². The van der Waals surface area contributed by atoms with E-state index in [0.717, 1.165) is 54.0 Å². The van der Waals surface area contributed by atoms with Crippen molar-refractivity contribution < 1.29 is 4.42 Å². The summed E-state index contributed by atoms with van der Waals surface area (Å²) in [5.41, 5.74) is 15.2. The lowest BCUT2D eigenvalue weighted by Gasteiger charge is -2.28. The molecule has 0 bridgehead atoms. The number of fused-ring (bicyclic) bond motifs is 6. The van der Waals surface area contributed by atoms with Crippen molar-refractivity contribution in [1.29, 1.82) is 0 Å². The van der Waals surface area contributed by atoms with Crippen LogP contribution in [0.2, 0.25) is 0 Å². The van der Waals surface area contributed by atoms with Gasteiger partial charge < -0.3 is 8.98 Å². The molecule has 8 aromatic rings. The summed E-state index contributed by atoms with van der Waals surface area (Å²) in [6, 6.07) is 46.7. The van der Waals surface area contributed by atoms with Gasteiger partial charge in [-0.2, -0.15) is 0 Å². The Morgan fingerprint density at radius 1 is 0.554 bits per heavy atom. The first-order valence-electron chi connectivity index (χ1n) is 19.9. The van der Waals surface area contributed by atoms with Crippen molar-refractivity contribution in [2.75, 3.05) is 0 Å². The molecule has 11 rings (SSSR count). The number of benzene rings is 5. The van der Waals surface area contributed by atoms with E-state index in [2.05, 4.69) is 187 Å². The fraction of sp³-hybridized carbons (Fsp3) is 0.113. The Bertz CT molecular complexity index is 2970. The highest BCUT2D eigenvalue weighted by Crippen LogP contribution is 2.45.